The zero-order valence-corrected chi connectivity index (χ0v) is 12.8. The molecule has 0 unspecified atom stereocenters. The molecule has 2 aromatic rings. The topological polar surface area (TPSA) is 77.5 Å². The van der Waals surface area contributed by atoms with Crippen LogP contribution in [0.4, 0.5) is 5.69 Å². The molecule has 0 saturated carbocycles. The van der Waals surface area contributed by atoms with E-state index in [-0.39, 0.29) is 0 Å². The minimum atomic E-state index is 0.340. The van der Waals surface area contributed by atoms with Gasteiger partial charge in [0.1, 0.15) is 5.75 Å². The molecule has 6 nitrogen and oxygen atoms in total. The SMILES string of the molecule is COc1ccc(NC(N)=NCCc2cn(C)cn2)cc1Cl. The molecule has 0 radical (unpaired) electrons. The second-order valence-corrected chi connectivity index (χ2v) is 4.93. The third kappa shape index (κ3) is 4.39. The number of methoxy groups -OCH3 is 1. The number of anilines is 1. The third-order valence-corrected chi connectivity index (χ3v) is 3.13. The Morgan fingerprint density at radius 3 is 2.95 bits per heavy atom. The van der Waals surface area contributed by atoms with Crippen LogP contribution in [0.3, 0.4) is 0 Å². The van der Waals surface area contributed by atoms with Crippen LogP contribution in [0.2, 0.25) is 5.02 Å². The first kappa shape index (κ1) is 15.2. The summed E-state index contributed by atoms with van der Waals surface area (Å²) in [5, 5.41) is 3.51. The van der Waals surface area contributed by atoms with Gasteiger partial charge < -0.3 is 20.4 Å². The van der Waals surface area contributed by atoms with Gasteiger partial charge in [0.2, 0.25) is 0 Å². The molecule has 7 heteroatoms. The van der Waals surface area contributed by atoms with E-state index < -0.39 is 0 Å². The Bertz CT molecular complexity index is 638. The number of aliphatic imine (C=N–C) groups is 1. The fourth-order valence-corrected chi connectivity index (χ4v) is 2.08. The van der Waals surface area contributed by atoms with Crippen LogP contribution < -0.4 is 15.8 Å². The van der Waals surface area contributed by atoms with Crippen LogP contribution in [0.1, 0.15) is 5.69 Å². The van der Waals surface area contributed by atoms with Crippen LogP contribution >= 0.6 is 11.6 Å². The molecule has 0 aliphatic rings. The Morgan fingerprint density at radius 2 is 2.33 bits per heavy atom. The Kier molecular flexibility index (Phi) is 5.05. The minimum absolute atomic E-state index is 0.340. The van der Waals surface area contributed by atoms with Gasteiger partial charge in [-0.25, -0.2) is 4.98 Å². The normalized spacial score (nSPS) is 11.5. The number of imidazole rings is 1. The fourth-order valence-electron chi connectivity index (χ4n) is 1.82. The molecule has 0 aliphatic heterocycles. The summed E-state index contributed by atoms with van der Waals surface area (Å²) in [5.74, 6) is 0.958. The molecule has 0 bridgehead atoms. The number of hydrogen-bond donors (Lipinski definition) is 2. The molecule has 0 atom stereocenters. The maximum absolute atomic E-state index is 6.04. The number of nitrogens with two attached hydrogens (primary N) is 1. The van der Waals surface area contributed by atoms with Gasteiger partial charge in [0, 0.05) is 31.9 Å². The van der Waals surface area contributed by atoms with Crippen molar-refractivity contribution in [2.75, 3.05) is 19.0 Å². The fraction of sp³-hybridized carbons (Fsp3) is 0.286. The van der Waals surface area contributed by atoms with Crippen molar-refractivity contribution in [2.24, 2.45) is 17.8 Å². The van der Waals surface area contributed by atoms with Crippen molar-refractivity contribution in [3.8, 4) is 5.75 Å². The van der Waals surface area contributed by atoms with E-state index in [2.05, 4.69) is 15.3 Å². The number of hydrogen-bond acceptors (Lipinski definition) is 3. The number of nitrogens with zero attached hydrogens (tertiary/aromatic N) is 3. The molecule has 3 N–H and O–H groups in total. The second-order valence-electron chi connectivity index (χ2n) is 4.52. The maximum Gasteiger partial charge on any atom is 0.193 e. The van der Waals surface area contributed by atoms with E-state index in [0.29, 0.717) is 23.3 Å². The van der Waals surface area contributed by atoms with Gasteiger partial charge in [-0.1, -0.05) is 11.6 Å². The molecule has 0 amide bonds. The summed E-state index contributed by atoms with van der Waals surface area (Å²) in [4.78, 5) is 8.48. The molecule has 112 valence electrons. The van der Waals surface area contributed by atoms with Crippen LogP contribution in [0.5, 0.6) is 5.75 Å². The van der Waals surface area contributed by atoms with E-state index in [1.807, 2.05) is 23.9 Å². The first-order chi connectivity index (χ1) is 10.1. The smallest absolute Gasteiger partial charge is 0.193 e. The van der Waals surface area contributed by atoms with Gasteiger partial charge in [0.25, 0.3) is 0 Å². The lowest BCUT2D eigenvalue weighted by Crippen LogP contribution is -2.23. The monoisotopic (exact) mass is 307 g/mol. The summed E-state index contributed by atoms with van der Waals surface area (Å²) in [6.45, 7) is 0.569. The van der Waals surface area contributed by atoms with Gasteiger partial charge in [-0.2, -0.15) is 0 Å². The largest absolute Gasteiger partial charge is 0.495 e. The maximum atomic E-state index is 6.04. The van der Waals surface area contributed by atoms with Crippen molar-refractivity contribution < 1.29 is 4.74 Å². The number of guanidine groups is 1. The van der Waals surface area contributed by atoms with E-state index in [1.165, 1.54) is 0 Å². The highest BCUT2D eigenvalue weighted by Crippen LogP contribution is 2.26. The summed E-state index contributed by atoms with van der Waals surface area (Å²) in [5.41, 5.74) is 7.59. The van der Waals surface area contributed by atoms with Crippen molar-refractivity contribution in [3.63, 3.8) is 0 Å². The first-order valence-electron chi connectivity index (χ1n) is 6.46. The molecule has 0 aliphatic carbocycles. The molecule has 1 heterocycles. The first-order valence-corrected chi connectivity index (χ1v) is 6.83. The summed E-state index contributed by atoms with van der Waals surface area (Å²) in [6.07, 6.45) is 4.47. The van der Waals surface area contributed by atoms with Crippen molar-refractivity contribution in [1.29, 1.82) is 0 Å². The standard InChI is InChI=1S/C14H18ClN5O/c1-20-8-11(18-9-20)5-6-17-14(16)19-10-3-4-13(21-2)12(15)7-10/h3-4,7-9H,5-6H2,1-2H3,(H3,16,17,19). The van der Waals surface area contributed by atoms with E-state index in [9.17, 15) is 0 Å². The number of aromatic nitrogens is 2. The van der Waals surface area contributed by atoms with E-state index >= 15 is 0 Å². The molecule has 21 heavy (non-hydrogen) atoms. The number of halogens is 1. The van der Waals surface area contributed by atoms with E-state index in [1.54, 1.807) is 25.6 Å². The van der Waals surface area contributed by atoms with E-state index in [0.717, 1.165) is 17.8 Å². The highest BCUT2D eigenvalue weighted by atomic mass is 35.5. The van der Waals surface area contributed by atoms with Gasteiger partial charge in [-0.3, -0.25) is 4.99 Å². The molecular formula is C14H18ClN5O. The van der Waals surface area contributed by atoms with Crippen LogP contribution in [0.15, 0.2) is 35.7 Å². The number of rotatable bonds is 5. The average Bonchev–Trinajstić information content (AvgIpc) is 2.84. The third-order valence-electron chi connectivity index (χ3n) is 2.83. The van der Waals surface area contributed by atoms with Gasteiger partial charge in [-0.15, -0.1) is 0 Å². The number of ether oxygens (including phenoxy) is 1. The summed E-state index contributed by atoms with van der Waals surface area (Å²) in [7, 11) is 3.50. The number of nitrogens with one attached hydrogen (secondary N) is 1. The lowest BCUT2D eigenvalue weighted by molar-refractivity contribution is 0.415. The van der Waals surface area contributed by atoms with Crippen molar-refractivity contribution in [3.05, 3.63) is 41.4 Å². The molecule has 1 aromatic carbocycles. The zero-order valence-electron chi connectivity index (χ0n) is 12.0. The molecular weight excluding hydrogens is 290 g/mol. The van der Waals surface area contributed by atoms with Crippen LogP contribution in [-0.2, 0) is 13.5 Å². The number of aryl methyl sites for hydroxylation is 1. The van der Waals surface area contributed by atoms with Crippen molar-refractivity contribution in [1.82, 2.24) is 9.55 Å². The lowest BCUT2D eigenvalue weighted by Gasteiger charge is -2.08. The minimum Gasteiger partial charge on any atom is -0.495 e. The Balaban J connectivity index is 1.89. The van der Waals surface area contributed by atoms with Gasteiger partial charge in [0.05, 0.1) is 24.2 Å². The molecule has 0 fully saturated rings. The summed E-state index contributed by atoms with van der Waals surface area (Å²) in [6, 6.07) is 5.33. The highest BCUT2D eigenvalue weighted by Gasteiger charge is 2.02. The van der Waals surface area contributed by atoms with Crippen LogP contribution in [0.25, 0.3) is 0 Å². The highest BCUT2D eigenvalue weighted by molar-refractivity contribution is 6.32. The van der Waals surface area contributed by atoms with Gasteiger partial charge >= 0.3 is 0 Å². The summed E-state index contributed by atoms with van der Waals surface area (Å²) < 4.78 is 6.99. The van der Waals surface area contributed by atoms with Crippen LogP contribution in [0, 0.1) is 0 Å². The summed E-state index contributed by atoms with van der Waals surface area (Å²) >= 11 is 6.04. The number of benzene rings is 1. The van der Waals surface area contributed by atoms with Crippen molar-refractivity contribution in [2.45, 2.75) is 6.42 Å². The van der Waals surface area contributed by atoms with Gasteiger partial charge in [-0.05, 0) is 18.2 Å². The Hall–Kier alpha value is -2.21. The molecule has 2 rings (SSSR count). The Labute approximate surface area is 128 Å². The Morgan fingerprint density at radius 1 is 1.52 bits per heavy atom. The lowest BCUT2D eigenvalue weighted by atomic mass is 10.3. The van der Waals surface area contributed by atoms with Crippen LogP contribution in [-0.4, -0.2) is 29.2 Å². The van der Waals surface area contributed by atoms with Crippen molar-refractivity contribution >= 4 is 23.2 Å². The molecule has 1 aromatic heterocycles. The average molecular weight is 308 g/mol. The predicted molar refractivity (Wildman–Crippen MR) is 85.0 cm³/mol. The van der Waals surface area contributed by atoms with Gasteiger partial charge in [0.15, 0.2) is 5.96 Å². The molecule has 0 saturated heterocycles. The molecule has 0 spiro atoms. The quantitative estimate of drug-likeness (QED) is 0.654. The zero-order chi connectivity index (χ0) is 15.2. The van der Waals surface area contributed by atoms with E-state index in [4.69, 9.17) is 22.1 Å². The predicted octanol–water partition coefficient (Wildman–Crippen LogP) is 2.05. The second kappa shape index (κ2) is 6.99.